The van der Waals surface area contributed by atoms with Gasteiger partial charge in [0.15, 0.2) is 0 Å². The number of amidine groups is 1. The third-order valence-electron chi connectivity index (χ3n) is 4.04. The zero-order chi connectivity index (χ0) is 17.1. The van der Waals surface area contributed by atoms with Crippen molar-refractivity contribution in [2.75, 3.05) is 5.88 Å². The number of benzene rings is 1. The maximum absolute atomic E-state index is 12.3. The number of halogens is 1. The van der Waals surface area contributed by atoms with E-state index in [1.54, 1.807) is 6.92 Å². The van der Waals surface area contributed by atoms with E-state index in [-0.39, 0.29) is 16.6 Å². The Hall–Kier alpha value is -1.60. The van der Waals surface area contributed by atoms with Gasteiger partial charge in [0.2, 0.25) is 5.91 Å². The van der Waals surface area contributed by atoms with Gasteiger partial charge in [-0.15, -0.1) is 11.6 Å². The predicted molar refractivity (Wildman–Crippen MR) is 90.3 cm³/mol. The molecule has 0 radical (unpaired) electrons. The van der Waals surface area contributed by atoms with Crippen LogP contribution in [-0.2, 0) is 14.8 Å². The molecule has 8 heteroatoms. The highest BCUT2D eigenvalue weighted by atomic mass is 35.5. The molecule has 1 aromatic rings. The molecule has 1 aliphatic carbocycles. The summed E-state index contributed by atoms with van der Waals surface area (Å²) in [4.78, 5) is 16.3. The van der Waals surface area contributed by atoms with E-state index < -0.39 is 21.3 Å². The minimum absolute atomic E-state index is 0.0100. The molecular weight excluding hydrogens is 338 g/mol. The van der Waals surface area contributed by atoms with E-state index in [9.17, 15) is 13.2 Å². The summed E-state index contributed by atoms with van der Waals surface area (Å²) in [6.45, 7) is 1.80. The number of nitrogens with two attached hydrogens (primary N) is 1. The molecule has 1 saturated carbocycles. The molecule has 1 aromatic carbocycles. The second kappa shape index (κ2) is 6.88. The Labute approximate surface area is 141 Å². The maximum Gasteiger partial charge on any atom is 0.264 e. The molecule has 0 bridgehead atoms. The first-order valence-electron chi connectivity index (χ1n) is 7.33. The van der Waals surface area contributed by atoms with Gasteiger partial charge in [-0.05, 0) is 37.1 Å². The van der Waals surface area contributed by atoms with E-state index >= 15 is 0 Å². The summed E-state index contributed by atoms with van der Waals surface area (Å²) < 4.78 is 26.8. The SMILES string of the molecule is CC1(C(=O)NS(=O)(=O)c2ccc(N=C(N)CCl)cc2)CCCC1. The van der Waals surface area contributed by atoms with E-state index in [1.165, 1.54) is 24.3 Å². The van der Waals surface area contributed by atoms with Crippen molar-refractivity contribution in [1.82, 2.24) is 4.72 Å². The fourth-order valence-electron chi connectivity index (χ4n) is 2.58. The molecule has 0 heterocycles. The van der Waals surface area contributed by atoms with Gasteiger partial charge in [0.1, 0.15) is 5.84 Å². The first-order chi connectivity index (χ1) is 10.8. The summed E-state index contributed by atoms with van der Waals surface area (Å²) in [6, 6.07) is 5.78. The van der Waals surface area contributed by atoms with Gasteiger partial charge >= 0.3 is 0 Å². The van der Waals surface area contributed by atoms with E-state index in [4.69, 9.17) is 17.3 Å². The van der Waals surface area contributed by atoms with Crippen molar-refractivity contribution in [3.63, 3.8) is 0 Å². The third-order valence-corrected chi connectivity index (χ3v) is 5.66. The van der Waals surface area contributed by atoms with Crippen LogP contribution in [0.5, 0.6) is 0 Å². The van der Waals surface area contributed by atoms with Crippen molar-refractivity contribution in [3.8, 4) is 0 Å². The molecule has 0 atom stereocenters. The second-order valence-corrected chi connectivity index (χ2v) is 7.88. The van der Waals surface area contributed by atoms with Crippen LogP contribution in [0.15, 0.2) is 34.2 Å². The van der Waals surface area contributed by atoms with Crippen molar-refractivity contribution < 1.29 is 13.2 Å². The zero-order valence-corrected chi connectivity index (χ0v) is 14.5. The molecule has 0 aliphatic heterocycles. The summed E-state index contributed by atoms with van der Waals surface area (Å²) in [7, 11) is -3.89. The highest BCUT2D eigenvalue weighted by Crippen LogP contribution is 2.37. The van der Waals surface area contributed by atoms with Crippen LogP contribution in [-0.4, -0.2) is 26.0 Å². The number of rotatable bonds is 5. The van der Waals surface area contributed by atoms with Gasteiger partial charge < -0.3 is 5.73 Å². The van der Waals surface area contributed by atoms with Gasteiger partial charge in [0.25, 0.3) is 10.0 Å². The average molecular weight is 358 g/mol. The van der Waals surface area contributed by atoms with Crippen molar-refractivity contribution >= 4 is 39.1 Å². The monoisotopic (exact) mass is 357 g/mol. The molecule has 23 heavy (non-hydrogen) atoms. The van der Waals surface area contributed by atoms with Crippen LogP contribution >= 0.6 is 11.6 Å². The van der Waals surface area contributed by atoms with Crippen LogP contribution in [0, 0.1) is 5.41 Å². The van der Waals surface area contributed by atoms with Gasteiger partial charge in [-0.25, -0.2) is 18.1 Å². The maximum atomic E-state index is 12.3. The Balaban J connectivity index is 2.15. The molecule has 0 unspecified atom stereocenters. The lowest BCUT2D eigenvalue weighted by Crippen LogP contribution is -2.40. The topological polar surface area (TPSA) is 102 Å². The normalized spacial score (nSPS) is 17.9. The van der Waals surface area contributed by atoms with Gasteiger partial charge in [-0.1, -0.05) is 19.8 Å². The molecule has 0 saturated heterocycles. The van der Waals surface area contributed by atoms with Crippen LogP contribution in [0.2, 0.25) is 0 Å². The molecule has 126 valence electrons. The second-order valence-electron chi connectivity index (χ2n) is 5.93. The zero-order valence-electron chi connectivity index (χ0n) is 12.9. The summed E-state index contributed by atoms with van der Waals surface area (Å²) in [5, 5.41) is 0. The van der Waals surface area contributed by atoms with Crippen LogP contribution in [0.3, 0.4) is 0 Å². The van der Waals surface area contributed by atoms with Crippen molar-refractivity contribution in [2.45, 2.75) is 37.5 Å². The van der Waals surface area contributed by atoms with Crippen LogP contribution < -0.4 is 10.5 Å². The summed E-state index contributed by atoms with van der Waals surface area (Å²) in [5.41, 5.74) is 5.41. The molecular formula is C15H20ClN3O3S. The Morgan fingerprint density at radius 3 is 2.39 bits per heavy atom. The third kappa shape index (κ3) is 4.23. The minimum Gasteiger partial charge on any atom is -0.386 e. The smallest absolute Gasteiger partial charge is 0.264 e. The average Bonchev–Trinajstić information content (AvgIpc) is 2.95. The van der Waals surface area contributed by atoms with Crippen LogP contribution in [0.25, 0.3) is 0 Å². The van der Waals surface area contributed by atoms with Crippen molar-refractivity contribution in [3.05, 3.63) is 24.3 Å². The number of carbonyl (C=O) groups is 1. The molecule has 3 N–H and O–H groups in total. The highest BCUT2D eigenvalue weighted by Gasteiger charge is 2.38. The Kier molecular flexibility index (Phi) is 5.31. The van der Waals surface area contributed by atoms with E-state index in [1.807, 2.05) is 0 Å². The first-order valence-corrected chi connectivity index (χ1v) is 9.35. The number of amides is 1. The molecule has 6 nitrogen and oxygen atoms in total. The number of nitrogens with one attached hydrogen (secondary N) is 1. The molecule has 0 aromatic heterocycles. The standard InChI is InChI=1S/C15H20ClN3O3S/c1-15(8-2-3-9-15)14(20)19-23(21,22)12-6-4-11(5-7-12)18-13(17)10-16/h4-7H,2-3,8-10H2,1H3,(H2,17,18)(H,19,20). The summed E-state index contributed by atoms with van der Waals surface area (Å²) in [5.74, 6) is -0.109. The number of hydrogen-bond donors (Lipinski definition) is 2. The predicted octanol–water partition coefficient (Wildman–Crippen LogP) is 2.30. The quantitative estimate of drug-likeness (QED) is 0.479. The largest absolute Gasteiger partial charge is 0.386 e. The molecule has 0 spiro atoms. The molecule has 1 aliphatic rings. The molecule has 1 amide bonds. The number of alkyl halides is 1. The van der Waals surface area contributed by atoms with E-state index in [2.05, 4.69) is 9.71 Å². The number of hydrogen-bond acceptors (Lipinski definition) is 4. The van der Waals surface area contributed by atoms with Crippen LogP contribution in [0.4, 0.5) is 5.69 Å². The Morgan fingerprint density at radius 1 is 1.30 bits per heavy atom. The number of nitrogens with zero attached hydrogens (tertiary/aromatic N) is 1. The fourth-order valence-corrected chi connectivity index (χ4v) is 3.74. The van der Waals surface area contributed by atoms with Gasteiger partial charge in [0, 0.05) is 5.41 Å². The number of carbonyl (C=O) groups excluding carboxylic acids is 1. The Morgan fingerprint density at radius 2 is 1.87 bits per heavy atom. The first kappa shape index (κ1) is 17.7. The van der Waals surface area contributed by atoms with E-state index in [0.717, 1.165) is 12.8 Å². The lowest BCUT2D eigenvalue weighted by atomic mass is 9.88. The molecule has 1 fully saturated rings. The minimum atomic E-state index is -3.89. The van der Waals surface area contributed by atoms with Gasteiger partial charge in [0.05, 0.1) is 16.5 Å². The lowest BCUT2D eigenvalue weighted by molar-refractivity contribution is -0.127. The molecule has 2 rings (SSSR count). The van der Waals surface area contributed by atoms with Gasteiger partial charge in [-0.3, -0.25) is 4.79 Å². The fraction of sp³-hybridized carbons (Fsp3) is 0.467. The van der Waals surface area contributed by atoms with Crippen molar-refractivity contribution in [2.24, 2.45) is 16.1 Å². The highest BCUT2D eigenvalue weighted by molar-refractivity contribution is 7.90. The number of sulfonamides is 1. The lowest BCUT2D eigenvalue weighted by Gasteiger charge is -2.22. The van der Waals surface area contributed by atoms with Crippen LogP contribution in [0.1, 0.15) is 32.6 Å². The van der Waals surface area contributed by atoms with E-state index in [0.29, 0.717) is 18.5 Å². The van der Waals surface area contributed by atoms with Gasteiger partial charge in [-0.2, -0.15) is 0 Å². The summed E-state index contributed by atoms with van der Waals surface area (Å²) >= 11 is 5.54. The van der Waals surface area contributed by atoms with Crippen molar-refractivity contribution in [1.29, 1.82) is 0 Å². The summed E-state index contributed by atoms with van der Waals surface area (Å²) in [6.07, 6.45) is 3.30. The Bertz CT molecular complexity index is 708. The number of aliphatic imine (C=N–C) groups is 1.